The fraction of sp³-hybridized carbons (Fsp3) is 0.481. The molecule has 2 aromatic rings. The van der Waals surface area contributed by atoms with Gasteiger partial charge in [0.2, 0.25) is 21.8 Å². The molecule has 0 saturated heterocycles. The molecule has 0 aromatic heterocycles. The Morgan fingerprint density at radius 3 is 2.35 bits per heavy atom. The summed E-state index contributed by atoms with van der Waals surface area (Å²) in [5.41, 5.74) is 0.759. The van der Waals surface area contributed by atoms with Gasteiger partial charge in [-0.05, 0) is 56.5 Å². The molecule has 0 aliphatic heterocycles. The molecular formula is C27H35ClFN3O4S. The van der Waals surface area contributed by atoms with E-state index in [1.54, 1.807) is 49.4 Å². The number of nitrogens with one attached hydrogen (secondary N) is 1. The van der Waals surface area contributed by atoms with E-state index >= 15 is 0 Å². The summed E-state index contributed by atoms with van der Waals surface area (Å²) in [7, 11) is -3.60. The Morgan fingerprint density at radius 2 is 1.73 bits per heavy atom. The summed E-state index contributed by atoms with van der Waals surface area (Å²) in [5, 5.41) is 3.53. The van der Waals surface area contributed by atoms with Crippen LogP contribution in [0.4, 0.5) is 10.1 Å². The van der Waals surface area contributed by atoms with Crippen LogP contribution in [0.3, 0.4) is 0 Å². The number of hydrogen-bond donors (Lipinski definition) is 1. The SMILES string of the molecule is CC(C(=O)NC1CCCCC1)N(Cc1ccccc1F)C(=O)CCCN(c1ccc(Cl)cc1)S(C)(=O)=O. The van der Waals surface area contributed by atoms with Crippen molar-refractivity contribution in [3.8, 4) is 0 Å². The maximum atomic E-state index is 14.4. The normalized spacial score (nSPS) is 15.1. The van der Waals surface area contributed by atoms with Crippen molar-refractivity contribution in [2.45, 2.75) is 70.5 Å². The first-order valence-electron chi connectivity index (χ1n) is 12.6. The van der Waals surface area contributed by atoms with Gasteiger partial charge >= 0.3 is 0 Å². The zero-order valence-electron chi connectivity index (χ0n) is 21.3. The van der Waals surface area contributed by atoms with E-state index in [1.165, 1.54) is 15.3 Å². The van der Waals surface area contributed by atoms with Crippen LogP contribution in [0.15, 0.2) is 48.5 Å². The molecule has 0 heterocycles. The fourth-order valence-electron chi connectivity index (χ4n) is 4.57. The largest absolute Gasteiger partial charge is 0.352 e. The number of hydrogen-bond acceptors (Lipinski definition) is 4. The van der Waals surface area contributed by atoms with E-state index in [9.17, 15) is 22.4 Å². The first kappa shape index (κ1) is 28.9. The van der Waals surface area contributed by atoms with Crippen molar-refractivity contribution in [2.24, 2.45) is 0 Å². The van der Waals surface area contributed by atoms with Gasteiger partial charge in [-0.2, -0.15) is 0 Å². The van der Waals surface area contributed by atoms with E-state index in [0.717, 1.165) is 38.4 Å². The fourth-order valence-corrected chi connectivity index (χ4v) is 5.66. The van der Waals surface area contributed by atoms with Crippen LogP contribution >= 0.6 is 11.6 Å². The second-order valence-corrected chi connectivity index (χ2v) is 11.9. The predicted molar refractivity (Wildman–Crippen MR) is 144 cm³/mol. The zero-order valence-corrected chi connectivity index (χ0v) is 22.9. The molecule has 7 nitrogen and oxygen atoms in total. The summed E-state index contributed by atoms with van der Waals surface area (Å²) in [6, 6.07) is 11.8. The highest BCUT2D eigenvalue weighted by atomic mass is 35.5. The molecule has 0 bridgehead atoms. The molecule has 0 spiro atoms. The zero-order chi connectivity index (χ0) is 27.0. The first-order chi connectivity index (χ1) is 17.6. The topological polar surface area (TPSA) is 86.8 Å². The van der Waals surface area contributed by atoms with Gasteiger partial charge in [-0.1, -0.05) is 49.1 Å². The van der Waals surface area contributed by atoms with Crippen molar-refractivity contribution < 1.29 is 22.4 Å². The number of nitrogens with zero attached hydrogens (tertiary/aromatic N) is 2. The van der Waals surface area contributed by atoms with Crippen LogP contribution in [0, 0.1) is 5.82 Å². The van der Waals surface area contributed by atoms with E-state index in [1.807, 2.05) is 0 Å². The van der Waals surface area contributed by atoms with Crippen LogP contribution in [0.1, 0.15) is 57.4 Å². The van der Waals surface area contributed by atoms with Gasteiger partial charge in [-0.25, -0.2) is 12.8 Å². The summed E-state index contributed by atoms with van der Waals surface area (Å²) in [5.74, 6) is -1.07. The Morgan fingerprint density at radius 1 is 1.08 bits per heavy atom. The van der Waals surface area contributed by atoms with Crippen LogP contribution < -0.4 is 9.62 Å². The lowest BCUT2D eigenvalue weighted by Gasteiger charge is -2.31. The minimum atomic E-state index is -3.60. The summed E-state index contributed by atoms with van der Waals surface area (Å²) in [6.45, 7) is 1.66. The van der Waals surface area contributed by atoms with E-state index < -0.39 is 21.9 Å². The lowest BCUT2D eigenvalue weighted by Crippen LogP contribution is -2.50. The predicted octanol–water partition coefficient (Wildman–Crippen LogP) is 4.89. The number of halogens is 2. The molecule has 1 saturated carbocycles. The average Bonchev–Trinajstić information content (AvgIpc) is 2.86. The lowest BCUT2D eigenvalue weighted by atomic mass is 9.95. The number of anilines is 1. The molecule has 1 unspecified atom stereocenters. The van der Waals surface area contributed by atoms with Crippen molar-refractivity contribution in [1.82, 2.24) is 10.2 Å². The molecule has 10 heteroatoms. The van der Waals surface area contributed by atoms with Gasteiger partial charge < -0.3 is 10.2 Å². The van der Waals surface area contributed by atoms with Crippen molar-refractivity contribution in [1.29, 1.82) is 0 Å². The quantitative estimate of drug-likeness (QED) is 0.431. The summed E-state index contributed by atoms with van der Waals surface area (Å²) in [4.78, 5) is 27.8. The summed E-state index contributed by atoms with van der Waals surface area (Å²) < 4.78 is 40.4. The Bertz CT molecular complexity index is 1170. The lowest BCUT2D eigenvalue weighted by molar-refractivity contribution is -0.141. The van der Waals surface area contributed by atoms with Gasteiger partial charge in [-0.3, -0.25) is 13.9 Å². The van der Waals surface area contributed by atoms with Crippen LogP contribution in [-0.2, 0) is 26.2 Å². The second-order valence-electron chi connectivity index (χ2n) is 9.55. The monoisotopic (exact) mass is 551 g/mol. The third-order valence-electron chi connectivity index (χ3n) is 6.68. The highest BCUT2D eigenvalue weighted by molar-refractivity contribution is 7.92. The molecule has 3 rings (SSSR count). The van der Waals surface area contributed by atoms with Crippen LogP contribution in [0.5, 0.6) is 0 Å². The Balaban J connectivity index is 1.72. The van der Waals surface area contributed by atoms with Gasteiger partial charge in [0.1, 0.15) is 11.9 Å². The molecule has 0 radical (unpaired) electrons. The number of sulfonamides is 1. The molecule has 37 heavy (non-hydrogen) atoms. The standard InChI is InChI=1S/C27H35ClFN3O4S/c1-20(27(34)30-23-10-4-3-5-11-23)31(19-21-9-6-7-12-25(21)29)26(33)13-8-18-32(37(2,35)36)24-16-14-22(28)15-17-24/h6-7,9,12,14-17,20,23H,3-5,8,10-11,13,18-19H2,1-2H3,(H,30,34). The van der Waals surface area contributed by atoms with Crippen LogP contribution in [0.2, 0.25) is 5.02 Å². The van der Waals surface area contributed by atoms with E-state index in [0.29, 0.717) is 16.3 Å². The van der Waals surface area contributed by atoms with Crippen molar-refractivity contribution in [2.75, 3.05) is 17.1 Å². The highest BCUT2D eigenvalue weighted by Gasteiger charge is 2.29. The molecule has 2 amide bonds. The third-order valence-corrected chi connectivity index (χ3v) is 8.13. The second kappa shape index (κ2) is 13.2. The molecule has 1 N–H and O–H groups in total. The molecule has 1 fully saturated rings. The van der Waals surface area contributed by atoms with E-state index in [4.69, 9.17) is 11.6 Å². The van der Waals surface area contributed by atoms with Gasteiger partial charge in [0.25, 0.3) is 0 Å². The Labute approximate surface area is 224 Å². The number of carbonyl (C=O) groups is 2. The average molecular weight is 552 g/mol. The molecule has 2 aromatic carbocycles. The molecular weight excluding hydrogens is 517 g/mol. The van der Waals surface area contributed by atoms with Crippen LogP contribution in [-0.4, -0.2) is 50.0 Å². The smallest absolute Gasteiger partial charge is 0.242 e. The van der Waals surface area contributed by atoms with Crippen molar-refractivity contribution in [3.63, 3.8) is 0 Å². The molecule has 1 atom stereocenters. The van der Waals surface area contributed by atoms with E-state index in [-0.39, 0.29) is 43.8 Å². The van der Waals surface area contributed by atoms with Gasteiger partial charge in [-0.15, -0.1) is 0 Å². The first-order valence-corrected chi connectivity index (χ1v) is 14.9. The number of benzene rings is 2. The third kappa shape index (κ3) is 8.43. The minimum Gasteiger partial charge on any atom is -0.352 e. The molecule has 1 aliphatic rings. The summed E-state index contributed by atoms with van der Waals surface area (Å²) in [6.07, 6.45) is 6.40. The maximum Gasteiger partial charge on any atom is 0.242 e. The van der Waals surface area contributed by atoms with Gasteiger partial charge in [0, 0.05) is 36.1 Å². The van der Waals surface area contributed by atoms with Gasteiger partial charge in [0.15, 0.2) is 0 Å². The number of amides is 2. The molecule has 1 aliphatic carbocycles. The number of rotatable bonds is 11. The van der Waals surface area contributed by atoms with Crippen molar-refractivity contribution >= 4 is 39.1 Å². The Kier molecular flexibility index (Phi) is 10.3. The van der Waals surface area contributed by atoms with Gasteiger partial charge in [0.05, 0.1) is 11.9 Å². The van der Waals surface area contributed by atoms with Crippen LogP contribution in [0.25, 0.3) is 0 Å². The Hall–Kier alpha value is -2.65. The van der Waals surface area contributed by atoms with E-state index in [2.05, 4.69) is 5.32 Å². The maximum absolute atomic E-state index is 14.4. The molecule has 202 valence electrons. The highest BCUT2D eigenvalue weighted by Crippen LogP contribution is 2.22. The number of carbonyl (C=O) groups excluding carboxylic acids is 2. The van der Waals surface area contributed by atoms with Crippen molar-refractivity contribution in [3.05, 3.63) is 64.9 Å². The minimum absolute atomic E-state index is 0.00485. The summed E-state index contributed by atoms with van der Waals surface area (Å²) >= 11 is 5.93.